The first kappa shape index (κ1) is 110. The summed E-state index contributed by atoms with van der Waals surface area (Å²) in [5, 5.41) is 10.7. The Morgan fingerprint density at radius 3 is 0.607 bits per heavy atom. The van der Waals surface area contributed by atoms with Gasteiger partial charge in [-0.2, -0.15) is 0 Å². The van der Waals surface area contributed by atoms with E-state index in [1.807, 2.05) is 0 Å². The van der Waals surface area contributed by atoms with Crippen molar-refractivity contribution >= 4 is 39.5 Å². The van der Waals surface area contributed by atoms with E-state index in [4.69, 9.17) is 37.0 Å². The number of hydrogen-bond acceptors (Lipinski definition) is 15. The van der Waals surface area contributed by atoms with Gasteiger partial charge in [-0.15, -0.1) is 0 Å². The van der Waals surface area contributed by atoms with E-state index in [0.29, 0.717) is 25.7 Å². The maximum Gasteiger partial charge on any atom is 0.472 e. The van der Waals surface area contributed by atoms with Crippen LogP contribution in [-0.4, -0.2) is 96.7 Å². The molecule has 2 unspecified atom stereocenters. The van der Waals surface area contributed by atoms with Crippen molar-refractivity contribution in [3.63, 3.8) is 0 Å². The summed E-state index contributed by atoms with van der Waals surface area (Å²) in [6.07, 6.45) is 82.3. The van der Waals surface area contributed by atoms with Gasteiger partial charge in [0, 0.05) is 25.7 Å². The zero-order valence-electron chi connectivity index (χ0n) is 73.8. The molecule has 0 aliphatic rings. The number of phosphoric ester groups is 2. The molecule has 0 bridgehead atoms. The van der Waals surface area contributed by atoms with Crippen molar-refractivity contribution in [1.29, 1.82) is 0 Å². The van der Waals surface area contributed by atoms with Gasteiger partial charge < -0.3 is 33.8 Å². The van der Waals surface area contributed by atoms with Crippen LogP contribution in [0.25, 0.3) is 0 Å². The molecule has 0 fully saturated rings. The van der Waals surface area contributed by atoms with Gasteiger partial charge in [0.05, 0.1) is 26.4 Å². The monoisotopic (exact) mass is 1630 g/mol. The second kappa shape index (κ2) is 85.5. The van der Waals surface area contributed by atoms with Crippen LogP contribution in [-0.2, 0) is 65.4 Å². The van der Waals surface area contributed by atoms with Crippen LogP contribution in [0.3, 0.4) is 0 Å². The molecule has 112 heavy (non-hydrogen) atoms. The highest BCUT2D eigenvalue weighted by Crippen LogP contribution is 2.45. The van der Waals surface area contributed by atoms with Crippen molar-refractivity contribution < 1.29 is 80.2 Å². The molecule has 0 aromatic heterocycles. The summed E-state index contributed by atoms with van der Waals surface area (Å²) in [5.74, 6) is -1.29. The third-order valence-electron chi connectivity index (χ3n) is 22.0. The second-order valence-corrected chi connectivity index (χ2v) is 36.8. The molecule has 0 rings (SSSR count). The molecule has 17 nitrogen and oxygen atoms in total. The number of carbonyl (C=O) groups is 4. The fourth-order valence-electron chi connectivity index (χ4n) is 14.7. The van der Waals surface area contributed by atoms with E-state index in [1.54, 1.807) is 0 Å². The SMILES string of the molecule is CCCCCCCCCCCCCCCCCCCCCCCCC(=O)OC[C@H](COP(=O)(O)OC[C@@H](O)COP(=O)(O)OC[C@@H](COC(=O)CCCCCCCCCCC)OC(=O)CCCCCCCCCCCCCCCCCCC(C)C)OC(=O)CCCCCCCCCCCCCCCCCCCCCCCC. The van der Waals surface area contributed by atoms with Gasteiger partial charge in [-0.3, -0.25) is 37.3 Å². The molecular weight excluding hydrogens is 1450 g/mol. The number of carbonyl (C=O) groups excluding carboxylic acids is 4. The molecule has 19 heteroatoms. The van der Waals surface area contributed by atoms with Crippen LogP contribution in [0.2, 0.25) is 0 Å². The number of aliphatic hydroxyl groups is 1. The minimum Gasteiger partial charge on any atom is -0.462 e. The fraction of sp³-hybridized carbons (Fsp3) is 0.957. The molecule has 0 heterocycles. The number of phosphoric acid groups is 2. The van der Waals surface area contributed by atoms with Crippen LogP contribution in [0, 0.1) is 5.92 Å². The number of ether oxygens (including phenoxy) is 4. The Bertz CT molecular complexity index is 2120. The minimum atomic E-state index is -4.97. The Morgan fingerprint density at radius 2 is 0.411 bits per heavy atom. The van der Waals surface area contributed by atoms with Gasteiger partial charge in [0.15, 0.2) is 12.2 Å². The quantitative estimate of drug-likeness (QED) is 0.0222. The molecule has 0 aliphatic carbocycles. The Kier molecular flexibility index (Phi) is 84.0. The molecule has 666 valence electrons. The Morgan fingerprint density at radius 1 is 0.241 bits per heavy atom. The number of aliphatic hydroxyl groups excluding tert-OH is 1. The minimum absolute atomic E-state index is 0.109. The van der Waals surface area contributed by atoms with E-state index >= 15 is 0 Å². The van der Waals surface area contributed by atoms with Crippen LogP contribution in [0.15, 0.2) is 0 Å². The van der Waals surface area contributed by atoms with Crippen molar-refractivity contribution in [2.75, 3.05) is 39.6 Å². The summed E-state index contributed by atoms with van der Waals surface area (Å²) >= 11 is 0. The van der Waals surface area contributed by atoms with Gasteiger partial charge in [0.25, 0.3) is 0 Å². The zero-order valence-corrected chi connectivity index (χ0v) is 75.6. The van der Waals surface area contributed by atoms with Crippen LogP contribution < -0.4 is 0 Å². The van der Waals surface area contributed by atoms with E-state index in [9.17, 15) is 43.2 Å². The molecule has 0 aliphatic heterocycles. The molecular formula is C93H182O17P2. The fourth-order valence-corrected chi connectivity index (χ4v) is 16.3. The first-order valence-electron chi connectivity index (χ1n) is 48.1. The molecule has 5 atom stereocenters. The summed E-state index contributed by atoms with van der Waals surface area (Å²) in [5.41, 5.74) is 0. The number of hydrogen-bond donors (Lipinski definition) is 3. The summed E-state index contributed by atoms with van der Waals surface area (Å²) < 4.78 is 69.1. The van der Waals surface area contributed by atoms with Gasteiger partial charge >= 0.3 is 39.5 Å². The van der Waals surface area contributed by atoms with Crippen molar-refractivity contribution in [3.05, 3.63) is 0 Å². The highest BCUT2D eigenvalue weighted by molar-refractivity contribution is 7.47. The Balaban J connectivity index is 5.18. The number of unbranched alkanes of at least 4 members (excludes halogenated alkanes) is 65. The summed E-state index contributed by atoms with van der Waals surface area (Å²) in [6.45, 7) is 7.41. The van der Waals surface area contributed by atoms with Gasteiger partial charge in [-0.25, -0.2) is 9.13 Å². The second-order valence-electron chi connectivity index (χ2n) is 33.9. The topological polar surface area (TPSA) is 237 Å². The first-order valence-corrected chi connectivity index (χ1v) is 51.1. The summed E-state index contributed by atoms with van der Waals surface area (Å²) in [6, 6.07) is 0. The predicted octanol–water partition coefficient (Wildman–Crippen LogP) is 29.1. The average molecular weight is 1630 g/mol. The molecule has 0 aromatic rings. The summed E-state index contributed by atoms with van der Waals surface area (Å²) in [7, 11) is -9.93. The largest absolute Gasteiger partial charge is 0.472 e. The maximum absolute atomic E-state index is 13.2. The lowest BCUT2D eigenvalue weighted by molar-refractivity contribution is -0.161. The Labute approximate surface area is 689 Å². The van der Waals surface area contributed by atoms with Crippen molar-refractivity contribution in [2.24, 2.45) is 5.92 Å². The maximum atomic E-state index is 13.2. The third kappa shape index (κ3) is 85.9. The van der Waals surface area contributed by atoms with Crippen molar-refractivity contribution in [3.8, 4) is 0 Å². The van der Waals surface area contributed by atoms with E-state index in [0.717, 1.165) is 95.8 Å². The van der Waals surface area contributed by atoms with Crippen molar-refractivity contribution in [2.45, 2.75) is 528 Å². The zero-order chi connectivity index (χ0) is 81.8. The molecule has 0 amide bonds. The molecule has 0 saturated heterocycles. The number of esters is 4. The average Bonchev–Trinajstić information content (AvgIpc) is 0.894. The van der Waals surface area contributed by atoms with Gasteiger partial charge in [-0.05, 0) is 31.6 Å². The normalized spacial score (nSPS) is 13.7. The smallest absolute Gasteiger partial charge is 0.462 e. The molecule has 0 spiro atoms. The molecule has 3 N–H and O–H groups in total. The molecule has 0 saturated carbocycles. The summed E-state index contributed by atoms with van der Waals surface area (Å²) in [4.78, 5) is 73.4. The van der Waals surface area contributed by atoms with Crippen LogP contribution in [0.1, 0.15) is 510 Å². The van der Waals surface area contributed by atoms with Crippen LogP contribution in [0.5, 0.6) is 0 Å². The lowest BCUT2D eigenvalue weighted by Gasteiger charge is -2.21. The van der Waals surface area contributed by atoms with E-state index in [2.05, 4.69) is 34.6 Å². The molecule has 0 aromatic carbocycles. The van der Waals surface area contributed by atoms with Gasteiger partial charge in [0.1, 0.15) is 19.3 Å². The van der Waals surface area contributed by atoms with E-state index in [-0.39, 0.29) is 25.7 Å². The standard InChI is InChI=1S/C93H182O17P2/c1-6-9-12-15-18-21-23-25-27-29-31-33-35-37-39-44-48-52-57-62-67-72-77-91(96)104-83-89(110-93(98)79-73-68-63-58-53-49-45-40-38-36-34-32-30-28-26-24-22-19-16-13-10-7-2)85-108-112(101,102)106-81-87(94)80-105-111(99,100)107-84-88(82-103-90(95)76-71-66-61-55-20-17-14-11-8-3)109-92(97)78-74-69-64-59-54-50-46-42-41-43-47-51-56-60-65-70-75-86(4)5/h86-89,94H,6-85H2,1-5H3,(H,99,100)(H,101,102)/t87-,88+,89+/m0/s1. The van der Waals surface area contributed by atoms with Crippen LogP contribution in [0.4, 0.5) is 0 Å². The van der Waals surface area contributed by atoms with E-state index in [1.165, 1.54) is 334 Å². The van der Waals surface area contributed by atoms with Gasteiger partial charge in [0.2, 0.25) is 0 Å². The highest BCUT2D eigenvalue weighted by atomic mass is 31.2. The lowest BCUT2D eigenvalue weighted by atomic mass is 10.0. The first-order chi connectivity index (χ1) is 54.5. The predicted molar refractivity (Wildman–Crippen MR) is 465 cm³/mol. The van der Waals surface area contributed by atoms with Crippen molar-refractivity contribution in [1.82, 2.24) is 0 Å². The van der Waals surface area contributed by atoms with E-state index < -0.39 is 97.5 Å². The highest BCUT2D eigenvalue weighted by Gasteiger charge is 2.31. The Hall–Kier alpha value is -1.94. The molecule has 0 radical (unpaired) electrons. The van der Waals surface area contributed by atoms with Crippen LogP contribution >= 0.6 is 15.6 Å². The lowest BCUT2D eigenvalue weighted by Crippen LogP contribution is -2.30. The third-order valence-corrected chi connectivity index (χ3v) is 23.9. The van der Waals surface area contributed by atoms with Gasteiger partial charge in [-0.1, -0.05) is 458 Å². The number of rotatable bonds is 93.